The zero-order valence-corrected chi connectivity index (χ0v) is 16.2. The topological polar surface area (TPSA) is 78.5 Å². The molecule has 146 valence electrons. The largest absolute Gasteiger partial charge is 0.343 e. The molecule has 2 aliphatic rings. The lowest BCUT2D eigenvalue weighted by Crippen LogP contribution is -2.44. The molecule has 0 aliphatic carbocycles. The van der Waals surface area contributed by atoms with Crippen LogP contribution in [0.4, 0.5) is 4.39 Å². The predicted octanol–water partition coefficient (Wildman–Crippen LogP) is 1.52. The van der Waals surface area contributed by atoms with Gasteiger partial charge in [0.2, 0.25) is 15.9 Å². The van der Waals surface area contributed by atoms with Gasteiger partial charge in [-0.3, -0.25) is 4.79 Å². The Morgan fingerprint density at radius 2 is 1.92 bits per heavy atom. The molecule has 2 N–H and O–H groups in total. The highest BCUT2D eigenvalue weighted by Crippen LogP contribution is 2.36. The molecule has 2 fully saturated rings. The van der Waals surface area contributed by atoms with Crippen molar-refractivity contribution in [1.29, 1.82) is 0 Å². The van der Waals surface area contributed by atoms with Gasteiger partial charge in [-0.05, 0) is 43.4 Å². The second-order valence-corrected chi connectivity index (χ2v) is 8.62. The number of sulfonamides is 1. The van der Waals surface area contributed by atoms with E-state index < -0.39 is 20.7 Å². The van der Waals surface area contributed by atoms with Crippen molar-refractivity contribution in [2.45, 2.75) is 30.6 Å². The number of hydrogen-bond acceptors (Lipinski definition) is 4. The van der Waals surface area contributed by atoms with Gasteiger partial charge in [0.25, 0.3) is 0 Å². The summed E-state index contributed by atoms with van der Waals surface area (Å²) in [6.07, 6.45) is 3.23. The van der Waals surface area contributed by atoms with Gasteiger partial charge in [-0.2, -0.15) is 0 Å². The van der Waals surface area contributed by atoms with Gasteiger partial charge in [0.1, 0.15) is 10.7 Å². The lowest BCUT2D eigenvalue weighted by molar-refractivity contribution is -0.133. The van der Waals surface area contributed by atoms with Gasteiger partial charge in [-0.15, -0.1) is 12.4 Å². The van der Waals surface area contributed by atoms with Gasteiger partial charge in [-0.25, -0.2) is 17.5 Å². The molecule has 1 spiro atoms. The number of hydrogen-bond donors (Lipinski definition) is 2. The molecular formula is C17H25ClFN3O3S. The van der Waals surface area contributed by atoms with Crippen LogP contribution in [0.3, 0.4) is 0 Å². The molecule has 0 saturated carbocycles. The third kappa shape index (κ3) is 4.73. The van der Waals surface area contributed by atoms with Gasteiger partial charge in [-0.1, -0.05) is 12.1 Å². The second kappa shape index (κ2) is 8.65. The molecule has 1 amide bonds. The first-order valence-electron chi connectivity index (χ1n) is 8.65. The van der Waals surface area contributed by atoms with Crippen LogP contribution in [0.25, 0.3) is 0 Å². The Bertz CT molecular complexity index is 729. The van der Waals surface area contributed by atoms with E-state index in [1.165, 1.54) is 18.2 Å². The number of carbonyl (C=O) groups is 1. The van der Waals surface area contributed by atoms with Crippen LogP contribution in [0.5, 0.6) is 0 Å². The van der Waals surface area contributed by atoms with Gasteiger partial charge in [0, 0.05) is 32.6 Å². The first-order valence-corrected chi connectivity index (χ1v) is 10.1. The average Bonchev–Trinajstić information content (AvgIpc) is 3.03. The van der Waals surface area contributed by atoms with Crippen molar-refractivity contribution < 1.29 is 17.6 Å². The second-order valence-electron chi connectivity index (χ2n) is 6.89. The van der Waals surface area contributed by atoms with Crippen LogP contribution in [0, 0.1) is 11.2 Å². The van der Waals surface area contributed by atoms with Crippen LogP contribution in [-0.2, 0) is 14.8 Å². The smallest absolute Gasteiger partial charge is 0.243 e. The number of nitrogens with one attached hydrogen (secondary N) is 2. The number of halogens is 2. The highest BCUT2D eigenvalue weighted by Gasteiger charge is 2.37. The van der Waals surface area contributed by atoms with Crippen LogP contribution in [-0.4, -0.2) is 51.9 Å². The Hall–Kier alpha value is -1.22. The molecular weight excluding hydrogens is 381 g/mol. The summed E-state index contributed by atoms with van der Waals surface area (Å²) in [5.74, 6) is -0.857. The minimum Gasteiger partial charge on any atom is -0.343 e. The van der Waals surface area contributed by atoms with Crippen LogP contribution in [0.15, 0.2) is 29.2 Å². The summed E-state index contributed by atoms with van der Waals surface area (Å²) in [6.45, 7) is 3.49. The zero-order chi connectivity index (χ0) is 17.9. The van der Waals surface area contributed by atoms with E-state index in [9.17, 15) is 17.6 Å². The fourth-order valence-electron chi connectivity index (χ4n) is 3.64. The molecule has 9 heteroatoms. The monoisotopic (exact) mass is 405 g/mol. The summed E-state index contributed by atoms with van der Waals surface area (Å²) in [7, 11) is -3.94. The molecule has 2 heterocycles. The van der Waals surface area contributed by atoms with Crippen LogP contribution in [0.1, 0.15) is 25.7 Å². The van der Waals surface area contributed by atoms with E-state index >= 15 is 0 Å². The van der Waals surface area contributed by atoms with Crippen molar-refractivity contribution >= 4 is 28.3 Å². The van der Waals surface area contributed by atoms with Crippen LogP contribution < -0.4 is 10.0 Å². The summed E-state index contributed by atoms with van der Waals surface area (Å²) in [6, 6.07) is 5.20. The van der Waals surface area contributed by atoms with E-state index in [0.717, 1.165) is 51.5 Å². The molecule has 0 unspecified atom stereocenters. The van der Waals surface area contributed by atoms with Crippen LogP contribution in [0.2, 0.25) is 0 Å². The molecule has 3 rings (SSSR count). The number of likely N-dealkylation sites (tertiary alicyclic amines) is 1. The van der Waals surface area contributed by atoms with Crippen molar-refractivity contribution in [2.75, 3.05) is 32.7 Å². The Labute approximate surface area is 160 Å². The molecule has 26 heavy (non-hydrogen) atoms. The number of benzene rings is 1. The van der Waals surface area contributed by atoms with Gasteiger partial charge in [0.15, 0.2) is 0 Å². The highest BCUT2D eigenvalue weighted by atomic mass is 35.5. The molecule has 0 atom stereocenters. The molecule has 2 aliphatic heterocycles. The third-order valence-corrected chi connectivity index (χ3v) is 6.76. The van der Waals surface area contributed by atoms with Crippen molar-refractivity contribution in [2.24, 2.45) is 5.41 Å². The summed E-state index contributed by atoms with van der Waals surface area (Å²) in [5, 5.41) is 3.39. The normalized spacial score (nSPS) is 19.3. The molecule has 0 aromatic heterocycles. The van der Waals surface area contributed by atoms with E-state index in [2.05, 4.69) is 10.0 Å². The van der Waals surface area contributed by atoms with Gasteiger partial charge < -0.3 is 10.2 Å². The number of piperidine rings is 1. The Morgan fingerprint density at radius 1 is 1.23 bits per heavy atom. The van der Waals surface area contributed by atoms with Crippen LogP contribution >= 0.6 is 12.4 Å². The van der Waals surface area contributed by atoms with Crippen molar-refractivity contribution in [1.82, 2.24) is 14.9 Å². The molecule has 2 saturated heterocycles. The fourth-order valence-corrected chi connectivity index (χ4v) is 4.75. The number of amides is 1. The van der Waals surface area contributed by atoms with E-state index in [1.807, 2.05) is 0 Å². The Morgan fingerprint density at radius 3 is 2.54 bits per heavy atom. The first kappa shape index (κ1) is 21.1. The number of carbonyl (C=O) groups excluding carboxylic acids is 1. The highest BCUT2D eigenvalue weighted by molar-refractivity contribution is 7.89. The maximum absolute atomic E-state index is 13.6. The van der Waals surface area contributed by atoms with E-state index in [0.29, 0.717) is 5.41 Å². The van der Waals surface area contributed by atoms with Crippen molar-refractivity contribution in [3.05, 3.63) is 30.1 Å². The van der Waals surface area contributed by atoms with E-state index in [1.54, 1.807) is 4.90 Å². The Kier molecular flexibility index (Phi) is 7.01. The summed E-state index contributed by atoms with van der Waals surface area (Å²) in [5.41, 5.74) is 0.337. The minimum absolute atomic E-state index is 0. The van der Waals surface area contributed by atoms with E-state index in [4.69, 9.17) is 0 Å². The number of rotatable bonds is 5. The SMILES string of the molecule is Cl.O=C(CCNS(=O)(=O)c1ccccc1F)N1CCC2(CCNC2)CC1. The predicted molar refractivity (Wildman–Crippen MR) is 99.2 cm³/mol. The van der Waals surface area contributed by atoms with Gasteiger partial charge >= 0.3 is 0 Å². The standard InChI is InChI=1S/C17H24FN3O3S.ClH/c18-14-3-1-2-4-15(14)25(23,24)20-9-5-16(22)21-11-7-17(8-12-21)6-10-19-13-17;/h1-4,19-20H,5-13H2;1H. The lowest BCUT2D eigenvalue weighted by atomic mass is 9.78. The third-order valence-electron chi connectivity index (χ3n) is 5.27. The summed E-state index contributed by atoms with van der Waals surface area (Å²) < 4.78 is 40.1. The van der Waals surface area contributed by atoms with E-state index in [-0.39, 0.29) is 31.3 Å². The maximum Gasteiger partial charge on any atom is 0.243 e. The van der Waals surface area contributed by atoms with Crippen molar-refractivity contribution in [3.8, 4) is 0 Å². The summed E-state index contributed by atoms with van der Waals surface area (Å²) >= 11 is 0. The molecule has 1 aromatic carbocycles. The molecule has 0 bridgehead atoms. The lowest BCUT2D eigenvalue weighted by Gasteiger charge is -2.39. The van der Waals surface area contributed by atoms with Crippen molar-refractivity contribution in [3.63, 3.8) is 0 Å². The maximum atomic E-state index is 13.6. The quantitative estimate of drug-likeness (QED) is 0.778. The molecule has 0 radical (unpaired) electrons. The van der Waals surface area contributed by atoms with Gasteiger partial charge in [0.05, 0.1) is 0 Å². The summed E-state index contributed by atoms with van der Waals surface area (Å²) in [4.78, 5) is 13.7. The average molecular weight is 406 g/mol. The molecule has 1 aromatic rings. The molecule has 6 nitrogen and oxygen atoms in total. The first-order chi connectivity index (χ1) is 11.9. The minimum atomic E-state index is -3.94. The Balaban J connectivity index is 0.00000243. The number of nitrogens with zero attached hydrogens (tertiary/aromatic N) is 1. The fraction of sp³-hybridized carbons (Fsp3) is 0.588. The zero-order valence-electron chi connectivity index (χ0n) is 14.5.